The third-order valence-electron chi connectivity index (χ3n) is 3.31. The first-order chi connectivity index (χ1) is 10.8. The maximum absolute atomic E-state index is 12.3. The molecule has 0 aliphatic heterocycles. The number of carbonyl (C=O) groups is 1. The number of methoxy groups -OCH3 is 2. The van der Waals surface area contributed by atoms with Crippen LogP contribution in [0.1, 0.15) is 22.3 Å². The Labute approximate surface area is 130 Å². The molecule has 0 unspecified atom stereocenters. The summed E-state index contributed by atoms with van der Waals surface area (Å²) >= 11 is 0. The van der Waals surface area contributed by atoms with E-state index in [1.54, 1.807) is 24.4 Å². The molecule has 0 radical (unpaired) electrons. The summed E-state index contributed by atoms with van der Waals surface area (Å²) in [5.41, 5.74) is 1.58. The van der Waals surface area contributed by atoms with Crippen LogP contribution in [-0.2, 0) is 6.42 Å². The second-order valence-electron chi connectivity index (χ2n) is 4.76. The van der Waals surface area contributed by atoms with Crippen LogP contribution in [0.2, 0.25) is 0 Å². The van der Waals surface area contributed by atoms with Crippen LogP contribution in [0.3, 0.4) is 0 Å². The smallest absolute Gasteiger partial charge is 0.258 e. The number of aromatic nitrogens is 1. The Balaban J connectivity index is 1.92. The number of ether oxygens (including phenoxy) is 2. The van der Waals surface area contributed by atoms with Gasteiger partial charge in [0, 0.05) is 18.9 Å². The highest BCUT2D eigenvalue weighted by atomic mass is 16.5. The Bertz CT molecular complexity index is 592. The number of hydrogen-bond donors (Lipinski definition) is 1. The number of benzene rings is 1. The quantitative estimate of drug-likeness (QED) is 0.798. The first-order valence-corrected chi connectivity index (χ1v) is 7.14. The third-order valence-corrected chi connectivity index (χ3v) is 3.31. The van der Waals surface area contributed by atoms with E-state index < -0.39 is 0 Å². The van der Waals surface area contributed by atoms with Crippen molar-refractivity contribution >= 4 is 5.91 Å². The number of carbonyl (C=O) groups excluding carboxylic acids is 1. The molecule has 0 aliphatic rings. The average Bonchev–Trinajstić information content (AvgIpc) is 2.58. The van der Waals surface area contributed by atoms with E-state index in [0.717, 1.165) is 18.4 Å². The molecule has 0 saturated heterocycles. The minimum atomic E-state index is -0.194. The van der Waals surface area contributed by atoms with Crippen molar-refractivity contribution in [1.82, 2.24) is 10.3 Å². The summed E-state index contributed by atoms with van der Waals surface area (Å²) in [7, 11) is 3.07. The van der Waals surface area contributed by atoms with Crippen molar-refractivity contribution in [3.8, 4) is 11.5 Å². The van der Waals surface area contributed by atoms with Crippen molar-refractivity contribution < 1.29 is 14.3 Å². The van der Waals surface area contributed by atoms with Gasteiger partial charge in [-0.2, -0.15) is 0 Å². The third kappa shape index (κ3) is 3.97. The number of rotatable bonds is 7. The lowest BCUT2D eigenvalue weighted by Gasteiger charge is -2.12. The monoisotopic (exact) mass is 300 g/mol. The molecule has 1 N–H and O–H groups in total. The molecular weight excluding hydrogens is 280 g/mol. The van der Waals surface area contributed by atoms with E-state index >= 15 is 0 Å². The first-order valence-electron chi connectivity index (χ1n) is 7.14. The maximum Gasteiger partial charge on any atom is 0.258 e. The zero-order valence-corrected chi connectivity index (χ0v) is 12.8. The molecule has 116 valence electrons. The molecule has 1 amide bonds. The van der Waals surface area contributed by atoms with Crippen LogP contribution in [0.25, 0.3) is 0 Å². The molecule has 1 aromatic heterocycles. The van der Waals surface area contributed by atoms with Gasteiger partial charge in [0.15, 0.2) is 0 Å². The fourth-order valence-electron chi connectivity index (χ4n) is 2.20. The molecule has 5 nitrogen and oxygen atoms in total. The largest absolute Gasteiger partial charge is 0.496 e. The number of aryl methyl sites for hydroxylation is 1. The highest BCUT2D eigenvalue weighted by Crippen LogP contribution is 2.27. The SMILES string of the molecule is COc1cccc(OC)c1C(=O)NCCCc1cccnc1. The molecule has 0 aliphatic carbocycles. The predicted molar refractivity (Wildman–Crippen MR) is 84.4 cm³/mol. The number of nitrogens with one attached hydrogen (secondary N) is 1. The molecule has 2 aromatic rings. The van der Waals surface area contributed by atoms with Crippen LogP contribution in [0, 0.1) is 0 Å². The topological polar surface area (TPSA) is 60.5 Å². The lowest BCUT2D eigenvalue weighted by atomic mass is 10.1. The number of amides is 1. The molecule has 1 heterocycles. The Morgan fingerprint density at radius 2 is 1.86 bits per heavy atom. The standard InChI is InChI=1S/C17H20N2O3/c1-21-14-8-3-9-15(22-2)16(14)17(20)19-11-5-7-13-6-4-10-18-12-13/h3-4,6,8-10,12H,5,7,11H2,1-2H3,(H,19,20). The van der Waals surface area contributed by atoms with Gasteiger partial charge in [0.1, 0.15) is 17.1 Å². The predicted octanol–water partition coefficient (Wildman–Crippen LogP) is 2.46. The number of hydrogen-bond acceptors (Lipinski definition) is 4. The van der Waals surface area contributed by atoms with Gasteiger partial charge >= 0.3 is 0 Å². The Morgan fingerprint density at radius 3 is 2.45 bits per heavy atom. The zero-order valence-electron chi connectivity index (χ0n) is 12.8. The molecule has 0 fully saturated rings. The second-order valence-corrected chi connectivity index (χ2v) is 4.76. The van der Waals surface area contributed by atoms with E-state index in [-0.39, 0.29) is 5.91 Å². The van der Waals surface area contributed by atoms with Crippen molar-refractivity contribution in [2.45, 2.75) is 12.8 Å². The van der Waals surface area contributed by atoms with Gasteiger partial charge in [-0.05, 0) is 36.6 Å². The minimum absolute atomic E-state index is 0.194. The van der Waals surface area contributed by atoms with E-state index in [1.165, 1.54) is 14.2 Å². The molecule has 2 rings (SSSR count). The van der Waals surface area contributed by atoms with Crippen LogP contribution in [0.5, 0.6) is 11.5 Å². The molecule has 1 aromatic carbocycles. The lowest BCUT2D eigenvalue weighted by molar-refractivity contribution is 0.0947. The van der Waals surface area contributed by atoms with Crippen molar-refractivity contribution in [2.75, 3.05) is 20.8 Å². The summed E-state index contributed by atoms with van der Waals surface area (Å²) in [4.78, 5) is 16.4. The molecule has 0 saturated carbocycles. The summed E-state index contributed by atoms with van der Waals surface area (Å²) < 4.78 is 10.5. The minimum Gasteiger partial charge on any atom is -0.496 e. The summed E-state index contributed by atoms with van der Waals surface area (Å²) in [6, 6.07) is 9.21. The van der Waals surface area contributed by atoms with Gasteiger partial charge in [-0.1, -0.05) is 12.1 Å². The molecule has 5 heteroatoms. The number of pyridine rings is 1. The molecular formula is C17H20N2O3. The fourth-order valence-corrected chi connectivity index (χ4v) is 2.20. The molecule has 0 spiro atoms. The van der Waals surface area contributed by atoms with Gasteiger partial charge in [-0.15, -0.1) is 0 Å². The Hall–Kier alpha value is -2.56. The summed E-state index contributed by atoms with van der Waals surface area (Å²) in [5, 5.41) is 2.90. The van der Waals surface area contributed by atoms with Gasteiger partial charge in [0.25, 0.3) is 5.91 Å². The van der Waals surface area contributed by atoms with Crippen molar-refractivity contribution in [3.63, 3.8) is 0 Å². The van der Waals surface area contributed by atoms with E-state index in [4.69, 9.17) is 9.47 Å². The lowest BCUT2D eigenvalue weighted by Crippen LogP contribution is -2.25. The van der Waals surface area contributed by atoms with Crippen molar-refractivity contribution in [1.29, 1.82) is 0 Å². The van der Waals surface area contributed by atoms with Crippen molar-refractivity contribution in [3.05, 3.63) is 53.9 Å². The highest BCUT2D eigenvalue weighted by molar-refractivity contribution is 5.99. The normalized spacial score (nSPS) is 10.1. The summed E-state index contributed by atoms with van der Waals surface area (Å²) in [6.45, 7) is 0.578. The molecule has 22 heavy (non-hydrogen) atoms. The van der Waals surface area contributed by atoms with Crippen LogP contribution in [-0.4, -0.2) is 31.7 Å². The van der Waals surface area contributed by atoms with E-state index in [0.29, 0.717) is 23.6 Å². The van der Waals surface area contributed by atoms with E-state index in [2.05, 4.69) is 10.3 Å². The fraction of sp³-hybridized carbons (Fsp3) is 0.294. The summed E-state index contributed by atoms with van der Waals surface area (Å²) in [6.07, 6.45) is 5.30. The second kappa shape index (κ2) is 8.02. The molecule has 0 bridgehead atoms. The first kappa shape index (κ1) is 15.8. The Kier molecular flexibility index (Phi) is 5.77. The van der Waals surface area contributed by atoms with Gasteiger partial charge < -0.3 is 14.8 Å². The van der Waals surface area contributed by atoms with Crippen LogP contribution >= 0.6 is 0 Å². The maximum atomic E-state index is 12.3. The van der Waals surface area contributed by atoms with Gasteiger partial charge in [-0.3, -0.25) is 9.78 Å². The van der Waals surface area contributed by atoms with E-state index in [9.17, 15) is 4.79 Å². The highest BCUT2D eigenvalue weighted by Gasteiger charge is 2.17. The Morgan fingerprint density at radius 1 is 1.14 bits per heavy atom. The zero-order chi connectivity index (χ0) is 15.8. The van der Waals surface area contributed by atoms with E-state index in [1.807, 2.05) is 18.3 Å². The van der Waals surface area contributed by atoms with Gasteiger partial charge in [-0.25, -0.2) is 0 Å². The van der Waals surface area contributed by atoms with Gasteiger partial charge in [0.05, 0.1) is 14.2 Å². The van der Waals surface area contributed by atoms with Crippen LogP contribution in [0.15, 0.2) is 42.7 Å². The summed E-state index contributed by atoms with van der Waals surface area (Å²) in [5.74, 6) is 0.814. The van der Waals surface area contributed by atoms with Crippen LogP contribution < -0.4 is 14.8 Å². The van der Waals surface area contributed by atoms with Crippen molar-refractivity contribution in [2.24, 2.45) is 0 Å². The average molecular weight is 300 g/mol. The van der Waals surface area contributed by atoms with Crippen LogP contribution in [0.4, 0.5) is 0 Å². The van der Waals surface area contributed by atoms with Gasteiger partial charge in [0.2, 0.25) is 0 Å². The molecule has 0 atom stereocenters. The number of nitrogens with zero attached hydrogens (tertiary/aromatic N) is 1.